The third-order valence-electron chi connectivity index (χ3n) is 3.20. The van der Waals surface area contributed by atoms with E-state index in [0.717, 1.165) is 37.5 Å². The van der Waals surface area contributed by atoms with Crippen molar-refractivity contribution in [1.29, 1.82) is 0 Å². The Morgan fingerprint density at radius 1 is 1.20 bits per heavy atom. The Kier molecular flexibility index (Phi) is 8.56. The van der Waals surface area contributed by atoms with E-state index in [1.165, 1.54) is 0 Å². The summed E-state index contributed by atoms with van der Waals surface area (Å²) in [5.41, 5.74) is 1.01. The maximum atomic E-state index is 11.7. The van der Waals surface area contributed by atoms with E-state index in [1.54, 1.807) is 0 Å². The molecule has 0 aliphatic rings. The van der Waals surface area contributed by atoms with Crippen LogP contribution < -0.4 is 0 Å². The predicted octanol–water partition coefficient (Wildman–Crippen LogP) is 3.70. The molecule has 0 aliphatic heterocycles. The lowest BCUT2D eigenvalue weighted by Crippen LogP contribution is -2.19. The Balaban J connectivity index is 2.25. The molecule has 1 aromatic carbocycles. The van der Waals surface area contributed by atoms with Crippen LogP contribution >= 0.6 is 0 Å². The minimum absolute atomic E-state index is 0.117. The van der Waals surface area contributed by atoms with Crippen LogP contribution in [-0.2, 0) is 20.9 Å². The second-order valence-corrected chi connectivity index (χ2v) is 5.02. The van der Waals surface area contributed by atoms with Gasteiger partial charge in [-0.15, -0.1) is 0 Å². The van der Waals surface area contributed by atoms with Gasteiger partial charge in [-0.3, -0.25) is 4.79 Å². The zero-order valence-electron chi connectivity index (χ0n) is 12.2. The van der Waals surface area contributed by atoms with Gasteiger partial charge >= 0.3 is 0 Å². The molecule has 1 atom stereocenters. The van der Waals surface area contributed by atoms with Crippen molar-refractivity contribution in [3.63, 3.8) is 0 Å². The van der Waals surface area contributed by atoms with Crippen LogP contribution in [0, 0.1) is 0 Å². The van der Waals surface area contributed by atoms with Crippen LogP contribution in [0.3, 0.4) is 0 Å². The molecular formula is C17H24O3. The highest BCUT2D eigenvalue weighted by atomic mass is 16.5. The molecule has 0 fully saturated rings. The van der Waals surface area contributed by atoms with Crippen LogP contribution in [0.1, 0.15) is 51.0 Å². The van der Waals surface area contributed by atoms with Crippen molar-refractivity contribution in [3.8, 4) is 0 Å². The first-order chi connectivity index (χ1) is 9.76. The average Bonchev–Trinajstić information content (AvgIpc) is 2.49. The van der Waals surface area contributed by atoms with E-state index < -0.39 is 6.10 Å². The summed E-state index contributed by atoms with van der Waals surface area (Å²) in [6.07, 6.45) is 5.18. The van der Waals surface area contributed by atoms with Gasteiger partial charge in [-0.25, -0.2) is 0 Å². The van der Waals surface area contributed by atoms with Gasteiger partial charge in [0.15, 0.2) is 0 Å². The number of hydrogen-bond donors (Lipinski definition) is 0. The number of carbonyl (C=O) groups excluding carboxylic acids is 2. The van der Waals surface area contributed by atoms with Crippen LogP contribution in [0.2, 0.25) is 0 Å². The van der Waals surface area contributed by atoms with Gasteiger partial charge in [0.05, 0.1) is 6.61 Å². The fraction of sp³-hybridized carbons (Fsp3) is 0.529. The normalized spacial score (nSPS) is 12.1. The molecule has 3 heteroatoms. The SMILES string of the molecule is CCCCCCC(=O)C[C@H](C=O)OCc1ccccc1. The zero-order chi connectivity index (χ0) is 14.6. The first kappa shape index (κ1) is 16.6. The van der Waals surface area contributed by atoms with E-state index in [0.29, 0.717) is 13.0 Å². The zero-order valence-corrected chi connectivity index (χ0v) is 12.2. The Morgan fingerprint density at radius 3 is 2.60 bits per heavy atom. The van der Waals surface area contributed by atoms with Gasteiger partial charge in [0.2, 0.25) is 0 Å². The van der Waals surface area contributed by atoms with E-state index in [9.17, 15) is 9.59 Å². The standard InChI is InChI=1S/C17H24O3/c1-2-3-4-8-11-16(19)12-17(13-18)20-14-15-9-6-5-7-10-15/h5-7,9-10,13,17H,2-4,8,11-12,14H2,1H3/t17-/m1/s1. The minimum atomic E-state index is -0.617. The third-order valence-corrected chi connectivity index (χ3v) is 3.20. The van der Waals surface area contributed by atoms with Gasteiger partial charge in [0, 0.05) is 12.8 Å². The summed E-state index contributed by atoms with van der Waals surface area (Å²) >= 11 is 0. The van der Waals surface area contributed by atoms with Crippen molar-refractivity contribution in [2.24, 2.45) is 0 Å². The monoisotopic (exact) mass is 276 g/mol. The van der Waals surface area contributed by atoms with E-state index in [2.05, 4.69) is 6.92 Å². The number of benzene rings is 1. The molecule has 1 rings (SSSR count). The van der Waals surface area contributed by atoms with Crippen molar-refractivity contribution in [3.05, 3.63) is 35.9 Å². The molecule has 0 radical (unpaired) electrons. The number of aldehydes is 1. The van der Waals surface area contributed by atoms with Crippen molar-refractivity contribution in [2.45, 2.75) is 58.2 Å². The quantitative estimate of drug-likeness (QED) is 0.457. The first-order valence-corrected chi connectivity index (χ1v) is 7.38. The van der Waals surface area contributed by atoms with Crippen molar-refractivity contribution in [2.75, 3.05) is 0 Å². The van der Waals surface area contributed by atoms with E-state index >= 15 is 0 Å². The van der Waals surface area contributed by atoms with Gasteiger partial charge in [-0.05, 0) is 12.0 Å². The van der Waals surface area contributed by atoms with Gasteiger partial charge in [-0.2, -0.15) is 0 Å². The first-order valence-electron chi connectivity index (χ1n) is 7.38. The lowest BCUT2D eigenvalue weighted by molar-refractivity contribution is -0.128. The number of ether oxygens (including phenoxy) is 1. The Bertz CT molecular complexity index is 386. The van der Waals surface area contributed by atoms with Crippen molar-refractivity contribution in [1.82, 2.24) is 0 Å². The molecule has 0 N–H and O–H groups in total. The number of carbonyl (C=O) groups is 2. The summed E-state index contributed by atoms with van der Waals surface area (Å²) in [7, 11) is 0. The molecule has 20 heavy (non-hydrogen) atoms. The number of Topliss-reactive ketones (excluding diaryl/α,β-unsaturated/α-hetero) is 1. The maximum absolute atomic E-state index is 11.7. The molecule has 3 nitrogen and oxygen atoms in total. The molecule has 0 heterocycles. The molecule has 0 aromatic heterocycles. The lowest BCUT2D eigenvalue weighted by atomic mass is 10.1. The molecule has 0 bridgehead atoms. The summed E-state index contributed by atoms with van der Waals surface area (Å²) in [5, 5.41) is 0. The van der Waals surface area contributed by atoms with Crippen LogP contribution in [0.4, 0.5) is 0 Å². The lowest BCUT2D eigenvalue weighted by Gasteiger charge is -2.11. The largest absolute Gasteiger partial charge is 0.366 e. The van der Waals surface area contributed by atoms with Crippen LogP contribution in [0.5, 0.6) is 0 Å². The predicted molar refractivity (Wildman–Crippen MR) is 79.5 cm³/mol. The summed E-state index contributed by atoms with van der Waals surface area (Å²) < 4.78 is 5.49. The molecule has 0 unspecified atom stereocenters. The molecule has 110 valence electrons. The molecule has 0 spiro atoms. The third kappa shape index (κ3) is 7.19. The summed E-state index contributed by atoms with van der Waals surface area (Å²) in [6, 6.07) is 9.66. The molecule has 1 aromatic rings. The topological polar surface area (TPSA) is 43.4 Å². The highest BCUT2D eigenvalue weighted by Gasteiger charge is 2.13. The minimum Gasteiger partial charge on any atom is -0.366 e. The smallest absolute Gasteiger partial charge is 0.149 e. The van der Waals surface area contributed by atoms with Gasteiger partial charge in [0.25, 0.3) is 0 Å². The second kappa shape index (κ2) is 10.3. The fourth-order valence-electron chi connectivity index (χ4n) is 2.00. The number of unbranched alkanes of at least 4 members (excludes halogenated alkanes) is 3. The Labute approximate surface area is 121 Å². The number of hydrogen-bond acceptors (Lipinski definition) is 3. The van der Waals surface area contributed by atoms with Gasteiger partial charge in [0.1, 0.15) is 18.2 Å². The highest BCUT2D eigenvalue weighted by molar-refractivity contribution is 5.81. The second-order valence-electron chi connectivity index (χ2n) is 5.02. The average molecular weight is 276 g/mol. The maximum Gasteiger partial charge on any atom is 0.149 e. The molecule has 0 amide bonds. The Morgan fingerprint density at radius 2 is 1.95 bits per heavy atom. The van der Waals surface area contributed by atoms with Gasteiger partial charge < -0.3 is 9.53 Å². The van der Waals surface area contributed by atoms with E-state index in [4.69, 9.17) is 4.74 Å². The summed E-state index contributed by atoms with van der Waals surface area (Å²) in [5.74, 6) is 0.117. The number of rotatable bonds is 11. The van der Waals surface area contributed by atoms with Crippen LogP contribution in [-0.4, -0.2) is 18.2 Å². The van der Waals surface area contributed by atoms with Crippen LogP contribution in [0.25, 0.3) is 0 Å². The van der Waals surface area contributed by atoms with E-state index in [1.807, 2.05) is 30.3 Å². The summed E-state index contributed by atoms with van der Waals surface area (Å²) in [4.78, 5) is 22.7. The summed E-state index contributed by atoms with van der Waals surface area (Å²) in [6.45, 7) is 2.51. The highest BCUT2D eigenvalue weighted by Crippen LogP contribution is 2.09. The molecule has 0 saturated carbocycles. The van der Waals surface area contributed by atoms with Crippen LogP contribution in [0.15, 0.2) is 30.3 Å². The van der Waals surface area contributed by atoms with E-state index in [-0.39, 0.29) is 12.2 Å². The van der Waals surface area contributed by atoms with Crippen molar-refractivity contribution >= 4 is 12.1 Å². The number of ketones is 1. The molecule has 0 saturated heterocycles. The molecule has 0 aliphatic carbocycles. The molecular weight excluding hydrogens is 252 g/mol. The van der Waals surface area contributed by atoms with Gasteiger partial charge in [-0.1, -0.05) is 56.5 Å². The Hall–Kier alpha value is -1.48. The van der Waals surface area contributed by atoms with Crippen molar-refractivity contribution < 1.29 is 14.3 Å². The fourth-order valence-corrected chi connectivity index (χ4v) is 2.00.